The molecule has 0 bridgehead atoms. The first kappa shape index (κ1) is 22.8. The van der Waals surface area contributed by atoms with Crippen molar-refractivity contribution in [1.29, 1.82) is 0 Å². The van der Waals surface area contributed by atoms with E-state index < -0.39 is 0 Å². The van der Waals surface area contributed by atoms with Gasteiger partial charge in [-0.2, -0.15) is 0 Å². The Balaban J connectivity index is 1.22. The minimum absolute atomic E-state index is 0.181. The Morgan fingerprint density at radius 3 is 2.56 bits per heavy atom. The molecule has 2 fully saturated rings. The number of nitrogens with one attached hydrogen (secondary N) is 2. The first-order chi connectivity index (χ1) is 15.7. The summed E-state index contributed by atoms with van der Waals surface area (Å²) >= 11 is 0. The second-order valence-electron chi connectivity index (χ2n) is 9.64. The number of benzene rings is 1. The van der Waals surface area contributed by atoms with Gasteiger partial charge in [-0.15, -0.1) is 0 Å². The average Bonchev–Trinajstić information content (AvgIpc) is 2.81. The largest absolute Gasteiger partial charge is 0.367 e. The third-order valence-electron chi connectivity index (χ3n) is 7.04. The van der Waals surface area contributed by atoms with Crippen LogP contribution in [0.2, 0.25) is 0 Å². The smallest absolute Gasteiger partial charge is 0.224 e. The molecule has 0 spiro atoms. The second-order valence-corrected chi connectivity index (χ2v) is 9.64. The van der Waals surface area contributed by atoms with Gasteiger partial charge in [-0.05, 0) is 68.2 Å². The molecule has 1 aromatic carbocycles. The summed E-state index contributed by atoms with van der Waals surface area (Å²) in [6, 6.07) is 13.0. The van der Waals surface area contributed by atoms with E-state index in [9.17, 15) is 4.79 Å². The van der Waals surface area contributed by atoms with E-state index in [2.05, 4.69) is 57.8 Å². The van der Waals surface area contributed by atoms with Crippen molar-refractivity contribution in [1.82, 2.24) is 9.88 Å². The Bertz CT molecular complexity index is 852. The normalized spacial score (nSPS) is 18.4. The molecule has 1 aromatic heterocycles. The third-order valence-corrected chi connectivity index (χ3v) is 7.04. The molecular formula is C27H38N4O. The van der Waals surface area contributed by atoms with Gasteiger partial charge in [-0.1, -0.05) is 43.5 Å². The van der Waals surface area contributed by atoms with Gasteiger partial charge in [0.05, 0.1) is 0 Å². The molecule has 2 aromatic rings. The fourth-order valence-electron chi connectivity index (χ4n) is 5.06. The SMILES string of the molecule is Cc1ccc(NC2CCN(CCc3ccccc3NC(=O)CC3CCCCC3)CC2)nc1. The van der Waals surface area contributed by atoms with Gasteiger partial charge in [0.15, 0.2) is 0 Å². The Kier molecular flexibility index (Phi) is 8.16. The highest BCUT2D eigenvalue weighted by Crippen LogP contribution is 2.27. The number of pyridine rings is 1. The number of hydrogen-bond acceptors (Lipinski definition) is 4. The maximum absolute atomic E-state index is 12.6. The van der Waals surface area contributed by atoms with Gasteiger partial charge in [-0.25, -0.2) is 4.98 Å². The predicted molar refractivity (Wildman–Crippen MR) is 132 cm³/mol. The van der Waals surface area contributed by atoms with Crippen LogP contribution >= 0.6 is 0 Å². The lowest BCUT2D eigenvalue weighted by molar-refractivity contribution is -0.117. The van der Waals surface area contributed by atoms with E-state index in [0.717, 1.165) is 50.4 Å². The maximum atomic E-state index is 12.6. The average molecular weight is 435 g/mol. The van der Waals surface area contributed by atoms with Crippen LogP contribution in [0.15, 0.2) is 42.6 Å². The number of likely N-dealkylation sites (tertiary alicyclic amines) is 1. The van der Waals surface area contributed by atoms with Crippen LogP contribution in [0.1, 0.15) is 62.5 Å². The van der Waals surface area contributed by atoms with Crippen LogP contribution < -0.4 is 10.6 Å². The zero-order chi connectivity index (χ0) is 22.2. The van der Waals surface area contributed by atoms with Crippen molar-refractivity contribution >= 4 is 17.4 Å². The summed E-state index contributed by atoms with van der Waals surface area (Å²) in [4.78, 5) is 19.6. The van der Waals surface area contributed by atoms with Gasteiger partial charge in [0.2, 0.25) is 5.91 Å². The highest BCUT2D eigenvalue weighted by Gasteiger charge is 2.20. The van der Waals surface area contributed by atoms with Crippen molar-refractivity contribution in [3.63, 3.8) is 0 Å². The molecule has 32 heavy (non-hydrogen) atoms. The molecule has 0 atom stereocenters. The molecule has 2 aliphatic rings. The molecule has 4 rings (SSSR count). The van der Waals surface area contributed by atoms with E-state index in [1.54, 1.807) is 0 Å². The van der Waals surface area contributed by atoms with E-state index >= 15 is 0 Å². The molecule has 0 radical (unpaired) electrons. The summed E-state index contributed by atoms with van der Waals surface area (Å²) in [5, 5.41) is 6.79. The minimum atomic E-state index is 0.181. The van der Waals surface area contributed by atoms with Crippen molar-refractivity contribution in [3.05, 3.63) is 53.7 Å². The molecule has 1 saturated carbocycles. The Labute approximate surface area is 193 Å². The van der Waals surface area contributed by atoms with Gasteiger partial charge < -0.3 is 15.5 Å². The van der Waals surface area contributed by atoms with Crippen LogP contribution in [-0.2, 0) is 11.2 Å². The van der Waals surface area contributed by atoms with E-state index in [1.807, 2.05) is 12.3 Å². The van der Waals surface area contributed by atoms with Gasteiger partial charge in [0.1, 0.15) is 5.82 Å². The fraction of sp³-hybridized carbons (Fsp3) is 0.556. The summed E-state index contributed by atoms with van der Waals surface area (Å²) in [7, 11) is 0. The standard InChI is InChI=1S/C27H38N4O/c1-21-11-12-26(28-20-21)29-24-14-17-31(18-15-24)16-13-23-9-5-6-10-25(23)30-27(32)19-22-7-3-2-4-8-22/h5-6,9-12,20,22,24H,2-4,7-8,13-19H2,1H3,(H,28,29)(H,30,32). The Hall–Kier alpha value is -2.40. The number of piperidine rings is 1. The number of carbonyl (C=O) groups is 1. The van der Waals surface area contributed by atoms with Crippen molar-refractivity contribution in [3.8, 4) is 0 Å². The summed E-state index contributed by atoms with van der Waals surface area (Å²) in [5.74, 6) is 1.73. The molecule has 1 saturated heterocycles. The Morgan fingerprint density at radius 2 is 1.81 bits per heavy atom. The number of aryl methyl sites for hydroxylation is 1. The van der Waals surface area contributed by atoms with Crippen molar-refractivity contribution in [2.75, 3.05) is 30.3 Å². The zero-order valence-corrected chi connectivity index (χ0v) is 19.5. The van der Waals surface area contributed by atoms with Crippen LogP contribution in [0.3, 0.4) is 0 Å². The van der Waals surface area contributed by atoms with E-state index in [4.69, 9.17) is 0 Å². The summed E-state index contributed by atoms with van der Waals surface area (Å²) in [5.41, 5.74) is 3.43. The van der Waals surface area contributed by atoms with E-state index in [1.165, 1.54) is 43.2 Å². The van der Waals surface area contributed by atoms with Crippen molar-refractivity contribution in [2.24, 2.45) is 5.92 Å². The summed E-state index contributed by atoms with van der Waals surface area (Å²) in [6.07, 6.45) is 12.1. The van der Waals surface area contributed by atoms with Crippen LogP contribution in [0.4, 0.5) is 11.5 Å². The maximum Gasteiger partial charge on any atom is 0.224 e. The molecule has 0 unspecified atom stereocenters. The number of para-hydroxylation sites is 1. The Morgan fingerprint density at radius 1 is 1.03 bits per heavy atom. The number of anilines is 2. The number of hydrogen-bond donors (Lipinski definition) is 2. The number of rotatable bonds is 8. The first-order valence-electron chi connectivity index (χ1n) is 12.4. The molecular weight excluding hydrogens is 396 g/mol. The lowest BCUT2D eigenvalue weighted by Crippen LogP contribution is -2.40. The third kappa shape index (κ3) is 6.80. The molecule has 2 heterocycles. The van der Waals surface area contributed by atoms with Gasteiger partial charge in [0.25, 0.3) is 0 Å². The molecule has 5 heteroatoms. The number of amides is 1. The molecule has 1 aliphatic carbocycles. The second kappa shape index (κ2) is 11.5. The number of aromatic nitrogens is 1. The highest BCUT2D eigenvalue weighted by atomic mass is 16.1. The van der Waals surface area contributed by atoms with Crippen molar-refractivity contribution < 1.29 is 4.79 Å². The first-order valence-corrected chi connectivity index (χ1v) is 12.4. The van der Waals surface area contributed by atoms with Crippen molar-refractivity contribution in [2.45, 2.75) is 70.8 Å². The fourth-order valence-corrected chi connectivity index (χ4v) is 5.06. The monoisotopic (exact) mass is 434 g/mol. The summed E-state index contributed by atoms with van der Waals surface area (Å²) in [6.45, 7) is 5.29. The van der Waals surface area contributed by atoms with E-state index in [-0.39, 0.29) is 5.91 Å². The number of carbonyl (C=O) groups excluding carboxylic acids is 1. The molecule has 1 aliphatic heterocycles. The quantitative estimate of drug-likeness (QED) is 0.583. The molecule has 5 nitrogen and oxygen atoms in total. The van der Waals surface area contributed by atoms with Crippen LogP contribution in [-0.4, -0.2) is 41.5 Å². The van der Waals surface area contributed by atoms with Crippen LogP contribution in [0.5, 0.6) is 0 Å². The van der Waals surface area contributed by atoms with Gasteiger partial charge >= 0.3 is 0 Å². The van der Waals surface area contributed by atoms with Crippen LogP contribution in [0, 0.1) is 12.8 Å². The topological polar surface area (TPSA) is 57.3 Å². The summed E-state index contributed by atoms with van der Waals surface area (Å²) < 4.78 is 0. The zero-order valence-electron chi connectivity index (χ0n) is 19.5. The predicted octanol–water partition coefficient (Wildman–Crippen LogP) is 5.42. The lowest BCUT2D eigenvalue weighted by Gasteiger charge is -2.32. The molecule has 172 valence electrons. The van der Waals surface area contributed by atoms with Gasteiger partial charge in [-0.3, -0.25) is 4.79 Å². The molecule has 2 N–H and O–H groups in total. The van der Waals surface area contributed by atoms with Crippen LogP contribution in [0.25, 0.3) is 0 Å². The molecule has 1 amide bonds. The highest BCUT2D eigenvalue weighted by molar-refractivity contribution is 5.91. The number of nitrogens with zero attached hydrogens (tertiary/aromatic N) is 2. The van der Waals surface area contributed by atoms with E-state index in [0.29, 0.717) is 18.4 Å². The lowest BCUT2D eigenvalue weighted by atomic mass is 9.87. The minimum Gasteiger partial charge on any atom is -0.367 e. The van der Waals surface area contributed by atoms with Gasteiger partial charge in [0, 0.05) is 44.0 Å².